The number of carbonyl (C=O) groups excluding carboxylic acids is 1. The Morgan fingerprint density at radius 2 is 1.86 bits per heavy atom. The second-order valence-electron chi connectivity index (χ2n) is 5.55. The van der Waals surface area contributed by atoms with E-state index < -0.39 is 0 Å². The Bertz CT molecular complexity index is 595. The van der Waals surface area contributed by atoms with Crippen molar-refractivity contribution in [3.8, 4) is 0 Å². The molecule has 0 aliphatic carbocycles. The van der Waals surface area contributed by atoms with Crippen molar-refractivity contribution in [1.29, 1.82) is 0 Å². The first kappa shape index (κ1) is 16.2. The maximum absolute atomic E-state index is 11.6. The first-order valence-corrected chi connectivity index (χ1v) is 7.77. The summed E-state index contributed by atoms with van der Waals surface area (Å²) in [4.78, 5) is 11.6. The molecule has 3 heteroatoms. The number of amides is 1. The van der Waals surface area contributed by atoms with Crippen LogP contribution in [0.15, 0.2) is 54.6 Å². The zero-order valence-electron chi connectivity index (χ0n) is 13.3. The number of carbonyl (C=O) groups is 1. The molecular formula is C19H24N2O. The lowest BCUT2D eigenvalue weighted by molar-refractivity contribution is 0.0963. The van der Waals surface area contributed by atoms with Gasteiger partial charge in [-0.2, -0.15) is 0 Å². The molecule has 0 spiro atoms. The molecule has 0 saturated heterocycles. The molecule has 2 N–H and O–H groups in total. The molecule has 0 aliphatic heterocycles. The summed E-state index contributed by atoms with van der Waals surface area (Å²) in [6, 6.07) is 18.3. The summed E-state index contributed by atoms with van der Waals surface area (Å²) in [5.74, 6) is 0.464. The van der Waals surface area contributed by atoms with Crippen LogP contribution in [-0.2, 0) is 6.42 Å². The lowest BCUT2D eigenvalue weighted by atomic mass is 10.0. The summed E-state index contributed by atoms with van der Waals surface area (Å²) < 4.78 is 0. The van der Waals surface area contributed by atoms with Gasteiger partial charge in [0, 0.05) is 19.2 Å². The molecule has 1 amide bonds. The molecular weight excluding hydrogens is 272 g/mol. The summed E-state index contributed by atoms with van der Waals surface area (Å²) in [5.41, 5.74) is 3.26. The van der Waals surface area contributed by atoms with Gasteiger partial charge in [0.05, 0.1) is 0 Å². The fraction of sp³-hybridized carbons (Fsp3) is 0.316. The molecule has 0 saturated carbocycles. The zero-order chi connectivity index (χ0) is 15.8. The van der Waals surface area contributed by atoms with E-state index in [1.54, 1.807) is 7.05 Å². The van der Waals surface area contributed by atoms with Crippen LogP contribution in [0, 0.1) is 0 Å². The second-order valence-corrected chi connectivity index (χ2v) is 5.55. The third-order valence-electron chi connectivity index (χ3n) is 3.83. The van der Waals surface area contributed by atoms with Crippen LogP contribution < -0.4 is 10.6 Å². The Labute approximate surface area is 132 Å². The van der Waals surface area contributed by atoms with Gasteiger partial charge in [-0.1, -0.05) is 49.4 Å². The number of hydrogen-bond acceptors (Lipinski definition) is 2. The second kappa shape index (κ2) is 8.35. The van der Waals surface area contributed by atoms with E-state index in [0.717, 1.165) is 25.1 Å². The molecule has 2 rings (SSSR count). The molecule has 2 aromatic rings. The SMILES string of the molecule is CNC(=O)c1cccc(CCNCC(C)c2ccccc2)c1. The van der Waals surface area contributed by atoms with Crippen LogP contribution in [0.2, 0.25) is 0 Å². The van der Waals surface area contributed by atoms with E-state index in [1.807, 2.05) is 24.3 Å². The van der Waals surface area contributed by atoms with Crippen molar-refractivity contribution in [3.05, 3.63) is 71.3 Å². The molecule has 22 heavy (non-hydrogen) atoms. The number of nitrogens with one attached hydrogen (secondary N) is 2. The molecule has 1 unspecified atom stereocenters. The average Bonchev–Trinajstić information content (AvgIpc) is 2.59. The highest BCUT2D eigenvalue weighted by Crippen LogP contribution is 2.13. The smallest absolute Gasteiger partial charge is 0.251 e. The van der Waals surface area contributed by atoms with Crippen LogP contribution in [0.1, 0.15) is 34.3 Å². The minimum Gasteiger partial charge on any atom is -0.355 e. The van der Waals surface area contributed by atoms with Crippen molar-refractivity contribution in [2.75, 3.05) is 20.1 Å². The van der Waals surface area contributed by atoms with Gasteiger partial charge in [-0.15, -0.1) is 0 Å². The average molecular weight is 296 g/mol. The Balaban J connectivity index is 1.78. The first-order chi connectivity index (χ1) is 10.7. The van der Waals surface area contributed by atoms with E-state index in [9.17, 15) is 4.79 Å². The van der Waals surface area contributed by atoms with E-state index in [4.69, 9.17) is 0 Å². The number of benzene rings is 2. The van der Waals surface area contributed by atoms with Gasteiger partial charge in [-0.3, -0.25) is 4.79 Å². The normalized spacial score (nSPS) is 11.9. The van der Waals surface area contributed by atoms with Crippen LogP contribution in [0.4, 0.5) is 0 Å². The fourth-order valence-corrected chi connectivity index (χ4v) is 2.46. The van der Waals surface area contributed by atoms with Gasteiger partial charge in [0.15, 0.2) is 0 Å². The summed E-state index contributed by atoms with van der Waals surface area (Å²) in [7, 11) is 1.65. The Hall–Kier alpha value is -2.13. The van der Waals surface area contributed by atoms with Crippen LogP contribution >= 0.6 is 0 Å². The molecule has 0 heterocycles. The molecule has 116 valence electrons. The van der Waals surface area contributed by atoms with Gasteiger partial charge in [0.1, 0.15) is 0 Å². The highest BCUT2D eigenvalue weighted by molar-refractivity contribution is 5.94. The highest BCUT2D eigenvalue weighted by atomic mass is 16.1. The molecule has 3 nitrogen and oxygen atoms in total. The molecule has 0 fully saturated rings. The molecule has 0 aliphatic rings. The van der Waals surface area contributed by atoms with E-state index >= 15 is 0 Å². The van der Waals surface area contributed by atoms with Crippen LogP contribution in [0.25, 0.3) is 0 Å². The predicted molar refractivity (Wildman–Crippen MR) is 91.3 cm³/mol. The van der Waals surface area contributed by atoms with Crippen LogP contribution in [-0.4, -0.2) is 26.0 Å². The van der Waals surface area contributed by atoms with Crippen molar-refractivity contribution in [2.45, 2.75) is 19.3 Å². The Kier molecular flexibility index (Phi) is 6.16. The lowest BCUT2D eigenvalue weighted by Gasteiger charge is -2.13. The Morgan fingerprint density at radius 1 is 1.09 bits per heavy atom. The molecule has 2 aromatic carbocycles. The monoisotopic (exact) mass is 296 g/mol. The van der Waals surface area contributed by atoms with Crippen molar-refractivity contribution >= 4 is 5.91 Å². The summed E-state index contributed by atoms with van der Waals surface area (Å²) in [6.45, 7) is 4.10. The van der Waals surface area contributed by atoms with E-state index in [0.29, 0.717) is 5.92 Å². The first-order valence-electron chi connectivity index (χ1n) is 7.77. The quantitative estimate of drug-likeness (QED) is 0.771. The van der Waals surface area contributed by atoms with Gasteiger partial charge >= 0.3 is 0 Å². The fourth-order valence-electron chi connectivity index (χ4n) is 2.46. The van der Waals surface area contributed by atoms with E-state index in [-0.39, 0.29) is 5.91 Å². The van der Waals surface area contributed by atoms with Crippen molar-refractivity contribution in [1.82, 2.24) is 10.6 Å². The van der Waals surface area contributed by atoms with Gasteiger partial charge < -0.3 is 10.6 Å². The third kappa shape index (κ3) is 4.71. The van der Waals surface area contributed by atoms with E-state index in [1.165, 1.54) is 11.1 Å². The van der Waals surface area contributed by atoms with Crippen LogP contribution in [0.3, 0.4) is 0 Å². The summed E-state index contributed by atoms with van der Waals surface area (Å²) >= 11 is 0. The van der Waals surface area contributed by atoms with Gasteiger partial charge in [-0.25, -0.2) is 0 Å². The van der Waals surface area contributed by atoms with Crippen molar-refractivity contribution in [2.24, 2.45) is 0 Å². The predicted octanol–water partition coefficient (Wildman–Crippen LogP) is 2.98. The lowest BCUT2D eigenvalue weighted by Crippen LogP contribution is -2.23. The van der Waals surface area contributed by atoms with Crippen LogP contribution in [0.5, 0.6) is 0 Å². The number of hydrogen-bond donors (Lipinski definition) is 2. The molecule has 1 atom stereocenters. The highest BCUT2D eigenvalue weighted by Gasteiger charge is 2.05. The minimum absolute atomic E-state index is 0.0347. The maximum Gasteiger partial charge on any atom is 0.251 e. The molecule has 0 bridgehead atoms. The minimum atomic E-state index is -0.0347. The van der Waals surface area contributed by atoms with Crippen molar-refractivity contribution < 1.29 is 4.79 Å². The standard InChI is InChI=1S/C19H24N2O/c1-15(17-8-4-3-5-9-17)14-21-12-11-16-7-6-10-18(13-16)19(22)20-2/h3-10,13,15,21H,11-12,14H2,1-2H3,(H,20,22). The Morgan fingerprint density at radius 3 is 2.59 bits per heavy atom. The number of rotatable bonds is 7. The third-order valence-corrected chi connectivity index (χ3v) is 3.83. The zero-order valence-corrected chi connectivity index (χ0v) is 13.3. The molecule has 0 aromatic heterocycles. The maximum atomic E-state index is 11.6. The largest absolute Gasteiger partial charge is 0.355 e. The van der Waals surface area contributed by atoms with E-state index in [2.05, 4.69) is 47.9 Å². The van der Waals surface area contributed by atoms with Crippen molar-refractivity contribution in [3.63, 3.8) is 0 Å². The van der Waals surface area contributed by atoms with Gasteiger partial charge in [0.25, 0.3) is 5.91 Å². The van der Waals surface area contributed by atoms with Gasteiger partial charge in [0.2, 0.25) is 0 Å². The molecule has 0 radical (unpaired) electrons. The van der Waals surface area contributed by atoms with Gasteiger partial charge in [-0.05, 0) is 42.1 Å². The summed E-state index contributed by atoms with van der Waals surface area (Å²) in [6.07, 6.45) is 0.923. The topological polar surface area (TPSA) is 41.1 Å². The summed E-state index contributed by atoms with van der Waals surface area (Å²) in [5, 5.41) is 6.15.